The molecule has 1 aromatic carbocycles. The highest BCUT2D eigenvalue weighted by atomic mass is 16.5. The van der Waals surface area contributed by atoms with Crippen LogP contribution in [0.2, 0.25) is 0 Å². The molecule has 118 valence electrons. The molecule has 0 radical (unpaired) electrons. The summed E-state index contributed by atoms with van der Waals surface area (Å²) in [5.74, 6) is 0.438. The van der Waals surface area contributed by atoms with Crippen LogP contribution in [-0.2, 0) is 16.1 Å². The molecule has 0 aliphatic carbocycles. The first-order valence-electron chi connectivity index (χ1n) is 7.42. The maximum absolute atomic E-state index is 12.0. The summed E-state index contributed by atoms with van der Waals surface area (Å²) in [4.78, 5) is 29.5. The third-order valence-corrected chi connectivity index (χ3v) is 3.61. The maximum atomic E-state index is 12.0. The Kier molecular flexibility index (Phi) is 4.52. The van der Waals surface area contributed by atoms with Crippen molar-refractivity contribution in [1.29, 1.82) is 0 Å². The van der Waals surface area contributed by atoms with Crippen molar-refractivity contribution in [2.24, 2.45) is 0 Å². The average molecular weight is 311 g/mol. The molecule has 6 nitrogen and oxygen atoms in total. The smallest absolute Gasteiger partial charge is 0.265 e. The van der Waals surface area contributed by atoms with Crippen LogP contribution < -0.4 is 15.0 Å². The fourth-order valence-corrected chi connectivity index (χ4v) is 2.40. The predicted octanol–water partition coefficient (Wildman–Crippen LogP) is 1.51. The van der Waals surface area contributed by atoms with Gasteiger partial charge in [0.15, 0.2) is 6.61 Å². The van der Waals surface area contributed by atoms with Crippen molar-refractivity contribution in [2.75, 3.05) is 18.1 Å². The monoisotopic (exact) mass is 311 g/mol. The molecule has 0 saturated heterocycles. The molecule has 2 amide bonds. The zero-order valence-corrected chi connectivity index (χ0v) is 12.6. The van der Waals surface area contributed by atoms with Crippen molar-refractivity contribution in [2.45, 2.75) is 13.0 Å². The van der Waals surface area contributed by atoms with E-state index in [9.17, 15) is 9.59 Å². The molecule has 0 atom stereocenters. The third-order valence-electron chi connectivity index (χ3n) is 3.61. The van der Waals surface area contributed by atoms with Crippen LogP contribution in [0.25, 0.3) is 0 Å². The molecule has 6 heteroatoms. The molecule has 3 rings (SSSR count). The number of fused-ring (bicyclic) bond motifs is 1. The van der Waals surface area contributed by atoms with Gasteiger partial charge in [0.05, 0.1) is 5.69 Å². The van der Waals surface area contributed by atoms with Gasteiger partial charge in [0, 0.05) is 31.9 Å². The van der Waals surface area contributed by atoms with Crippen LogP contribution in [0.1, 0.15) is 12.0 Å². The van der Waals surface area contributed by atoms with E-state index in [0.717, 1.165) is 5.56 Å². The number of ether oxygens (including phenoxy) is 1. The van der Waals surface area contributed by atoms with Crippen LogP contribution >= 0.6 is 0 Å². The number of amides is 2. The second kappa shape index (κ2) is 6.91. The Labute approximate surface area is 134 Å². The summed E-state index contributed by atoms with van der Waals surface area (Å²) in [6.07, 6.45) is 3.61. The molecule has 1 N–H and O–H groups in total. The third kappa shape index (κ3) is 3.66. The number of pyridine rings is 1. The number of hydrogen-bond acceptors (Lipinski definition) is 4. The molecule has 1 aliphatic heterocycles. The molecule has 2 aromatic rings. The maximum Gasteiger partial charge on any atom is 0.265 e. The van der Waals surface area contributed by atoms with Crippen molar-refractivity contribution in [3.63, 3.8) is 0 Å². The number of carbonyl (C=O) groups excluding carboxylic acids is 2. The number of nitrogens with zero attached hydrogens (tertiary/aromatic N) is 2. The lowest BCUT2D eigenvalue weighted by Gasteiger charge is -2.29. The van der Waals surface area contributed by atoms with E-state index in [4.69, 9.17) is 4.74 Å². The zero-order valence-electron chi connectivity index (χ0n) is 12.6. The number of hydrogen-bond donors (Lipinski definition) is 1. The van der Waals surface area contributed by atoms with Gasteiger partial charge >= 0.3 is 0 Å². The molecule has 2 heterocycles. The van der Waals surface area contributed by atoms with Gasteiger partial charge < -0.3 is 15.0 Å². The lowest BCUT2D eigenvalue weighted by molar-refractivity contribution is -0.122. The van der Waals surface area contributed by atoms with Crippen molar-refractivity contribution >= 4 is 17.5 Å². The molecule has 0 saturated carbocycles. The number of anilines is 1. The minimum Gasteiger partial charge on any atom is -0.482 e. The van der Waals surface area contributed by atoms with E-state index in [1.54, 1.807) is 17.3 Å². The summed E-state index contributed by atoms with van der Waals surface area (Å²) >= 11 is 0. The number of benzene rings is 1. The Morgan fingerprint density at radius 1 is 1.22 bits per heavy atom. The largest absolute Gasteiger partial charge is 0.482 e. The Hall–Kier alpha value is -2.89. The molecule has 1 aliphatic rings. The number of rotatable bonds is 5. The van der Waals surface area contributed by atoms with E-state index in [1.807, 2.05) is 36.4 Å². The van der Waals surface area contributed by atoms with E-state index >= 15 is 0 Å². The van der Waals surface area contributed by atoms with Crippen LogP contribution in [0.5, 0.6) is 5.75 Å². The summed E-state index contributed by atoms with van der Waals surface area (Å²) in [5.41, 5.74) is 1.70. The summed E-state index contributed by atoms with van der Waals surface area (Å²) in [5, 5.41) is 2.84. The minimum absolute atomic E-state index is 0.00957. The summed E-state index contributed by atoms with van der Waals surface area (Å²) in [6.45, 7) is 0.798. The Bertz CT molecular complexity index is 703. The topological polar surface area (TPSA) is 71.5 Å². The van der Waals surface area contributed by atoms with Crippen molar-refractivity contribution in [3.8, 4) is 5.75 Å². The molecule has 1 aromatic heterocycles. The number of carbonyl (C=O) groups is 2. The lowest BCUT2D eigenvalue weighted by Crippen LogP contribution is -2.41. The zero-order chi connectivity index (χ0) is 16.1. The molecular formula is C17H17N3O3. The molecule has 0 spiro atoms. The van der Waals surface area contributed by atoms with Gasteiger partial charge in [-0.15, -0.1) is 0 Å². The van der Waals surface area contributed by atoms with Crippen molar-refractivity contribution in [1.82, 2.24) is 10.3 Å². The summed E-state index contributed by atoms with van der Waals surface area (Å²) in [6, 6.07) is 11.0. The first-order chi connectivity index (χ1) is 11.2. The van der Waals surface area contributed by atoms with Crippen LogP contribution in [0.15, 0.2) is 48.8 Å². The molecule has 0 fully saturated rings. The van der Waals surface area contributed by atoms with E-state index < -0.39 is 0 Å². The van der Waals surface area contributed by atoms with Crippen LogP contribution in [0.3, 0.4) is 0 Å². The van der Waals surface area contributed by atoms with Crippen molar-refractivity contribution < 1.29 is 14.3 Å². The fraction of sp³-hybridized carbons (Fsp3) is 0.235. The van der Waals surface area contributed by atoms with Gasteiger partial charge in [-0.05, 0) is 29.8 Å². The van der Waals surface area contributed by atoms with Crippen LogP contribution in [-0.4, -0.2) is 29.9 Å². The predicted molar refractivity (Wildman–Crippen MR) is 85.0 cm³/mol. The van der Waals surface area contributed by atoms with E-state index in [2.05, 4.69) is 10.3 Å². The highest BCUT2D eigenvalue weighted by Gasteiger charge is 2.25. The highest BCUT2D eigenvalue weighted by molar-refractivity contribution is 5.98. The minimum atomic E-state index is -0.134. The van der Waals surface area contributed by atoms with Gasteiger partial charge in [0.2, 0.25) is 5.91 Å². The SMILES string of the molecule is O=C(CCN1C(=O)COc2ccccc21)NCc1ccncc1. The standard InChI is InChI=1S/C17H17N3O3/c21-16(19-11-13-5-8-18-9-6-13)7-10-20-14-3-1-2-4-15(14)23-12-17(20)22/h1-6,8-9H,7,10-12H2,(H,19,21). The van der Waals surface area contributed by atoms with E-state index in [-0.39, 0.29) is 24.8 Å². The quantitative estimate of drug-likeness (QED) is 0.908. The Balaban J connectivity index is 1.55. The number of nitrogens with one attached hydrogen (secondary N) is 1. The summed E-state index contributed by atoms with van der Waals surface area (Å²) < 4.78 is 5.38. The van der Waals surface area contributed by atoms with Gasteiger partial charge in [-0.2, -0.15) is 0 Å². The van der Waals surface area contributed by atoms with Gasteiger partial charge in [0.25, 0.3) is 5.91 Å². The molecule has 0 unspecified atom stereocenters. The van der Waals surface area contributed by atoms with Crippen LogP contribution in [0, 0.1) is 0 Å². The fourth-order valence-electron chi connectivity index (χ4n) is 2.40. The Morgan fingerprint density at radius 3 is 2.83 bits per heavy atom. The summed E-state index contributed by atoms with van der Waals surface area (Å²) in [7, 11) is 0. The highest BCUT2D eigenvalue weighted by Crippen LogP contribution is 2.31. The van der Waals surface area contributed by atoms with Crippen molar-refractivity contribution in [3.05, 3.63) is 54.4 Å². The van der Waals surface area contributed by atoms with Gasteiger partial charge in [-0.1, -0.05) is 12.1 Å². The molecule has 0 bridgehead atoms. The van der Waals surface area contributed by atoms with Gasteiger partial charge in [-0.25, -0.2) is 0 Å². The second-order valence-corrected chi connectivity index (χ2v) is 5.18. The average Bonchev–Trinajstić information content (AvgIpc) is 2.60. The van der Waals surface area contributed by atoms with Gasteiger partial charge in [0.1, 0.15) is 5.75 Å². The first-order valence-corrected chi connectivity index (χ1v) is 7.42. The number of para-hydroxylation sites is 2. The second-order valence-electron chi connectivity index (χ2n) is 5.18. The van der Waals surface area contributed by atoms with Gasteiger partial charge in [-0.3, -0.25) is 14.6 Å². The normalized spacial score (nSPS) is 13.2. The Morgan fingerprint density at radius 2 is 2.00 bits per heavy atom. The number of aromatic nitrogens is 1. The van der Waals surface area contributed by atoms with E-state index in [1.165, 1.54) is 0 Å². The molecule has 23 heavy (non-hydrogen) atoms. The first kappa shape index (κ1) is 15.0. The molecular weight excluding hydrogens is 294 g/mol. The van der Waals surface area contributed by atoms with E-state index in [0.29, 0.717) is 24.5 Å². The lowest BCUT2D eigenvalue weighted by atomic mass is 10.2. The van der Waals surface area contributed by atoms with Crippen LogP contribution in [0.4, 0.5) is 5.69 Å².